The summed E-state index contributed by atoms with van der Waals surface area (Å²) in [5, 5.41) is 17.0. The molecule has 1 N–H and O–H groups in total. The molecule has 0 saturated heterocycles. The van der Waals surface area contributed by atoms with Crippen molar-refractivity contribution in [2.75, 3.05) is 11.1 Å². The molecule has 0 aliphatic heterocycles. The Morgan fingerprint density at radius 3 is 2.73 bits per heavy atom. The minimum Gasteiger partial charge on any atom is -0.619 e. The lowest BCUT2D eigenvalue weighted by Gasteiger charge is -2.14. The van der Waals surface area contributed by atoms with Crippen LogP contribution < -0.4 is 10.0 Å². The molecule has 7 nitrogen and oxygen atoms in total. The van der Waals surface area contributed by atoms with E-state index in [1.807, 2.05) is 0 Å². The van der Waals surface area contributed by atoms with E-state index in [0.717, 1.165) is 23.1 Å². The number of nitrogens with zero attached hydrogens (tertiary/aromatic N) is 3. The zero-order valence-corrected chi connectivity index (χ0v) is 17.4. The SMILES string of the molecule is CCC(CC(=O)Nc1cn(-c2cc(F)c[n+]([O-])c2)nc1Cl)S(=O)CCCC(F)(F)F. The van der Waals surface area contributed by atoms with Gasteiger partial charge in [0.15, 0.2) is 11.0 Å². The van der Waals surface area contributed by atoms with Crippen LogP contribution in [0.1, 0.15) is 32.6 Å². The predicted octanol–water partition coefficient (Wildman–Crippen LogP) is 3.50. The van der Waals surface area contributed by atoms with Gasteiger partial charge in [0.05, 0.1) is 11.9 Å². The van der Waals surface area contributed by atoms with Gasteiger partial charge in [0.1, 0.15) is 5.69 Å². The Morgan fingerprint density at radius 1 is 1.43 bits per heavy atom. The Morgan fingerprint density at radius 2 is 2.13 bits per heavy atom. The highest BCUT2D eigenvalue weighted by atomic mass is 35.5. The van der Waals surface area contributed by atoms with E-state index in [0.29, 0.717) is 6.42 Å². The number of aromatic nitrogens is 3. The van der Waals surface area contributed by atoms with Gasteiger partial charge < -0.3 is 10.5 Å². The highest BCUT2D eigenvalue weighted by Crippen LogP contribution is 2.24. The molecule has 2 aromatic heterocycles. The molecule has 166 valence electrons. The Labute approximate surface area is 177 Å². The standard InChI is InChI=1S/C17H19ClF4N4O3S/c1-2-13(30(29)5-3-4-17(20,21)22)7-15(27)23-14-10-26(24-16(14)18)12-6-11(19)8-25(28)9-12/h6,8-10,13H,2-5,7H2,1H3,(H,23,27). The van der Waals surface area contributed by atoms with Crippen LogP contribution in [0.3, 0.4) is 0 Å². The summed E-state index contributed by atoms with van der Waals surface area (Å²) < 4.78 is 63.6. The summed E-state index contributed by atoms with van der Waals surface area (Å²) in [5.41, 5.74) is 0.158. The highest BCUT2D eigenvalue weighted by molar-refractivity contribution is 7.85. The van der Waals surface area contributed by atoms with Gasteiger partial charge in [0, 0.05) is 40.7 Å². The zero-order valence-electron chi connectivity index (χ0n) is 15.8. The monoisotopic (exact) mass is 470 g/mol. The second kappa shape index (κ2) is 10.2. The molecule has 30 heavy (non-hydrogen) atoms. The zero-order chi connectivity index (χ0) is 22.5. The first-order valence-corrected chi connectivity index (χ1v) is 10.6. The topological polar surface area (TPSA) is 90.9 Å². The molecular formula is C17H19ClF4N4O3S. The second-order valence-electron chi connectivity index (χ2n) is 6.44. The van der Waals surface area contributed by atoms with Gasteiger partial charge in [0.2, 0.25) is 18.3 Å². The molecule has 0 aliphatic carbocycles. The summed E-state index contributed by atoms with van der Waals surface area (Å²) in [7, 11) is -1.60. The smallest absolute Gasteiger partial charge is 0.389 e. The lowest BCUT2D eigenvalue weighted by Crippen LogP contribution is -2.26. The van der Waals surface area contributed by atoms with Crippen molar-refractivity contribution in [1.82, 2.24) is 9.78 Å². The van der Waals surface area contributed by atoms with Crippen molar-refractivity contribution in [2.45, 2.75) is 44.0 Å². The highest BCUT2D eigenvalue weighted by Gasteiger charge is 2.27. The van der Waals surface area contributed by atoms with Crippen molar-refractivity contribution in [1.29, 1.82) is 0 Å². The van der Waals surface area contributed by atoms with Crippen LogP contribution in [-0.4, -0.2) is 37.1 Å². The molecule has 13 heteroatoms. The summed E-state index contributed by atoms with van der Waals surface area (Å²) in [4.78, 5) is 12.3. The van der Waals surface area contributed by atoms with Gasteiger partial charge in [-0.1, -0.05) is 18.5 Å². The summed E-state index contributed by atoms with van der Waals surface area (Å²) in [5.74, 6) is -1.50. The molecule has 0 aliphatic rings. The van der Waals surface area contributed by atoms with Gasteiger partial charge in [-0.15, -0.1) is 0 Å². The number of amides is 1. The summed E-state index contributed by atoms with van der Waals surface area (Å²) in [6.45, 7) is 1.69. The van der Waals surface area contributed by atoms with Crippen molar-refractivity contribution in [3.63, 3.8) is 0 Å². The Hall–Kier alpha value is -2.21. The van der Waals surface area contributed by atoms with Crippen LogP contribution in [0.25, 0.3) is 5.69 Å². The lowest BCUT2D eigenvalue weighted by atomic mass is 10.2. The van der Waals surface area contributed by atoms with Crippen LogP contribution in [0, 0.1) is 11.0 Å². The van der Waals surface area contributed by atoms with Crippen molar-refractivity contribution in [3.05, 3.63) is 40.8 Å². The van der Waals surface area contributed by atoms with Gasteiger partial charge in [-0.25, -0.2) is 9.07 Å². The molecule has 2 rings (SSSR count). The molecular weight excluding hydrogens is 452 g/mol. The number of rotatable bonds is 9. The maximum atomic E-state index is 13.4. The molecule has 0 radical (unpaired) electrons. The molecule has 0 aromatic carbocycles. The van der Waals surface area contributed by atoms with E-state index in [2.05, 4.69) is 10.4 Å². The Balaban J connectivity index is 1.99. The predicted molar refractivity (Wildman–Crippen MR) is 103 cm³/mol. The molecule has 2 unspecified atom stereocenters. The fraction of sp³-hybridized carbons (Fsp3) is 0.471. The van der Waals surface area contributed by atoms with Gasteiger partial charge >= 0.3 is 6.18 Å². The summed E-state index contributed by atoms with van der Waals surface area (Å²) >= 11 is 5.97. The quantitative estimate of drug-likeness (QED) is 0.345. The van der Waals surface area contributed by atoms with E-state index in [-0.39, 0.29) is 39.9 Å². The largest absolute Gasteiger partial charge is 0.619 e. The fourth-order valence-electron chi connectivity index (χ4n) is 2.61. The van der Waals surface area contributed by atoms with E-state index < -0.39 is 40.4 Å². The molecule has 0 bridgehead atoms. The number of carbonyl (C=O) groups is 1. The van der Waals surface area contributed by atoms with Crippen LogP contribution in [0.2, 0.25) is 5.15 Å². The third kappa shape index (κ3) is 7.24. The minimum atomic E-state index is -4.31. The van der Waals surface area contributed by atoms with Gasteiger partial charge in [-0.2, -0.15) is 23.0 Å². The number of hydrogen-bond donors (Lipinski definition) is 1. The molecule has 2 atom stereocenters. The van der Waals surface area contributed by atoms with Crippen LogP contribution in [-0.2, 0) is 15.6 Å². The normalized spacial score (nSPS) is 13.8. The van der Waals surface area contributed by atoms with Gasteiger partial charge in [0.25, 0.3) is 0 Å². The maximum Gasteiger partial charge on any atom is 0.389 e. The van der Waals surface area contributed by atoms with Crippen molar-refractivity contribution in [2.24, 2.45) is 0 Å². The number of anilines is 1. The third-order valence-electron chi connectivity index (χ3n) is 4.05. The lowest BCUT2D eigenvalue weighted by molar-refractivity contribution is -0.606. The van der Waals surface area contributed by atoms with E-state index in [1.54, 1.807) is 6.92 Å². The van der Waals surface area contributed by atoms with E-state index in [9.17, 15) is 31.8 Å². The molecule has 1 amide bonds. The van der Waals surface area contributed by atoms with Gasteiger partial charge in [-0.05, 0) is 12.8 Å². The van der Waals surface area contributed by atoms with Crippen molar-refractivity contribution >= 4 is 34.0 Å². The van der Waals surface area contributed by atoms with E-state index in [4.69, 9.17) is 11.6 Å². The fourth-order valence-corrected chi connectivity index (χ4v) is 4.26. The molecule has 2 aromatic rings. The number of carbonyl (C=O) groups excluding carboxylic acids is 1. The first kappa shape index (κ1) is 24.1. The number of alkyl halides is 3. The Kier molecular flexibility index (Phi) is 8.18. The second-order valence-corrected chi connectivity index (χ2v) is 8.63. The van der Waals surface area contributed by atoms with Crippen LogP contribution in [0.15, 0.2) is 24.7 Å². The first-order valence-electron chi connectivity index (χ1n) is 8.87. The summed E-state index contributed by atoms with van der Waals surface area (Å²) in [6.07, 6.45) is -2.42. The van der Waals surface area contributed by atoms with Crippen LogP contribution >= 0.6 is 11.6 Å². The molecule has 0 spiro atoms. The maximum absolute atomic E-state index is 13.4. The number of pyridine rings is 1. The van der Waals surface area contributed by atoms with Crippen molar-refractivity contribution in [3.8, 4) is 5.69 Å². The first-order chi connectivity index (χ1) is 14.0. The number of hydrogen-bond acceptors (Lipinski definition) is 4. The molecule has 0 saturated carbocycles. The Bertz CT molecular complexity index is 903. The van der Waals surface area contributed by atoms with E-state index in [1.165, 1.54) is 6.20 Å². The van der Waals surface area contributed by atoms with Gasteiger partial charge in [-0.3, -0.25) is 9.00 Å². The van der Waals surface area contributed by atoms with Crippen LogP contribution in [0.4, 0.5) is 23.2 Å². The third-order valence-corrected chi connectivity index (χ3v) is 6.26. The molecule has 2 heterocycles. The minimum absolute atomic E-state index is 0.0737. The van der Waals surface area contributed by atoms with Crippen molar-refractivity contribution < 1.29 is 31.3 Å². The number of halogens is 5. The number of nitrogens with one attached hydrogen (secondary N) is 1. The molecule has 0 fully saturated rings. The van der Waals surface area contributed by atoms with E-state index >= 15 is 0 Å². The average molecular weight is 471 g/mol. The van der Waals surface area contributed by atoms with Crippen LogP contribution in [0.5, 0.6) is 0 Å². The average Bonchev–Trinajstić information content (AvgIpc) is 2.98. The summed E-state index contributed by atoms with van der Waals surface area (Å²) in [6, 6.07) is 1.04.